The Morgan fingerprint density at radius 1 is 1.32 bits per heavy atom. The van der Waals surface area contributed by atoms with Gasteiger partial charge in [0.15, 0.2) is 0 Å². The Morgan fingerprint density at radius 3 is 2.47 bits per heavy atom. The maximum absolute atomic E-state index is 11.0. The molecule has 19 heavy (non-hydrogen) atoms. The van der Waals surface area contributed by atoms with Crippen molar-refractivity contribution in [1.82, 2.24) is 9.97 Å². The summed E-state index contributed by atoms with van der Waals surface area (Å²) < 4.78 is 11.0. The van der Waals surface area contributed by atoms with E-state index in [-0.39, 0.29) is 5.41 Å². The van der Waals surface area contributed by atoms with Crippen LogP contribution in [0.1, 0.15) is 33.0 Å². The van der Waals surface area contributed by atoms with Crippen molar-refractivity contribution < 1.29 is 4.21 Å². The lowest BCUT2D eigenvalue weighted by Crippen LogP contribution is -2.20. The average molecular weight is 285 g/mol. The van der Waals surface area contributed by atoms with Gasteiger partial charge in [0.25, 0.3) is 0 Å². The molecule has 6 nitrogen and oxygen atoms in total. The van der Waals surface area contributed by atoms with E-state index in [0.717, 1.165) is 24.6 Å². The smallest absolute Gasteiger partial charge is 0.145 e. The second kappa shape index (κ2) is 6.81. The van der Waals surface area contributed by atoms with Gasteiger partial charge < -0.3 is 10.7 Å². The summed E-state index contributed by atoms with van der Waals surface area (Å²) in [7, 11) is -0.753. The number of nitrogen functional groups attached to an aromatic ring is 1. The molecule has 1 unspecified atom stereocenters. The quantitative estimate of drug-likeness (QED) is 0.414. The highest BCUT2D eigenvalue weighted by Gasteiger charge is 2.18. The van der Waals surface area contributed by atoms with Gasteiger partial charge in [-0.1, -0.05) is 20.8 Å². The fourth-order valence-electron chi connectivity index (χ4n) is 1.44. The monoisotopic (exact) mass is 285 g/mol. The van der Waals surface area contributed by atoms with E-state index in [2.05, 4.69) is 20.7 Å². The third-order valence-electron chi connectivity index (χ3n) is 2.46. The van der Waals surface area contributed by atoms with Crippen molar-refractivity contribution in [3.63, 3.8) is 0 Å². The molecule has 0 aromatic carbocycles. The van der Waals surface area contributed by atoms with Gasteiger partial charge in [-0.25, -0.2) is 15.8 Å². The van der Waals surface area contributed by atoms with Crippen molar-refractivity contribution in [2.75, 3.05) is 29.3 Å². The molecule has 0 fully saturated rings. The van der Waals surface area contributed by atoms with Crippen molar-refractivity contribution in [3.05, 3.63) is 11.9 Å². The van der Waals surface area contributed by atoms with Crippen molar-refractivity contribution in [1.29, 1.82) is 0 Å². The summed E-state index contributed by atoms with van der Waals surface area (Å²) in [5.74, 6) is 8.15. The molecule has 0 spiro atoms. The fraction of sp³-hybridized carbons (Fsp3) is 0.667. The molecule has 1 atom stereocenters. The molecule has 0 radical (unpaired) electrons. The minimum Gasteiger partial charge on any atom is -0.370 e. The Kier molecular flexibility index (Phi) is 5.68. The molecule has 0 bridgehead atoms. The first-order chi connectivity index (χ1) is 8.82. The first kappa shape index (κ1) is 15.8. The summed E-state index contributed by atoms with van der Waals surface area (Å²) in [4.78, 5) is 8.82. The van der Waals surface area contributed by atoms with E-state index in [1.165, 1.54) is 0 Å². The van der Waals surface area contributed by atoms with Gasteiger partial charge in [-0.3, -0.25) is 4.21 Å². The number of anilines is 2. The third kappa shape index (κ3) is 5.52. The fourth-order valence-corrected chi connectivity index (χ4v) is 1.99. The molecular formula is C12H23N5OS. The summed E-state index contributed by atoms with van der Waals surface area (Å²) in [6.45, 7) is 6.87. The van der Waals surface area contributed by atoms with Gasteiger partial charge >= 0.3 is 0 Å². The molecule has 7 heteroatoms. The van der Waals surface area contributed by atoms with Gasteiger partial charge in [-0.15, -0.1) is 0 Å². The van der Waals surface area contributed by atoms with Crippen LogP contribution in [0.4, 0.5) is 11.6 Å². The maximum atomic E-state index is 11.0. The Bertz CT molecular complexity index is 444. The Hall–Kier alpha value is -1.21. The summed E-state index contributed by atoms with van der Waals surface area (Å²) >= 11 is 0. The van der Waals surface area contributed by atoms with Crippen LogP contribution in [0.15, 0.2) is 6.07 Å². The lowest BCUT2D eigenvalue weighted by molar-refractivity contribution is 0.546. The molecule has 4 N–H and O–H groups in total. The Morgan fingerprint density at radius 2 is 1.95 bits per heavy atom. The molecule has 0 aliphatic rings. The van der Waals surface area contributed by atoms with E-state index in [9.17, 15) is 4.21 Å². The molecule has 0 amide bonds. The van der Waals surface area contributed by atoms with Crippen molar-refractivity contribution in [3.8, 4) is 0 Å². The molecule has 1 rings (SSSR count). The number of nitrogens with one attached hydrogen (secondary N) is 2. The number of aromatic nitrogens is 2. The molecule has 0 aliphatic carbocycles. The first-order valence-corrected chi connectivity index (χ1v) is 7.95. The molecule has 1 heterocycles. The Balaban J connectivity index is 2.74. The van der Waals surface area contributed by atoms with Gasteiger partial charge in [0.2, 0.25) is 0 Å². The number of nitrogens with two attached hydrogens (primary N) is 1. The van der Waals surface area contributed by atoms with Crippen LogP contribution >= 0.6 is 0 Å². The van der Waals surface area contributed by atoms with Gasteiger partial charge in [0, 0.05) is 40.8 Å². The molecule has 1 aromatic rings. The number of hydrogen-bond donors (Lipinski definition) is 3. The van der Waals surface area contributed by atoms with Gasteiger partial charge in [0.05, 0.1) is 0 Å². The summed E-state index contributed by atoms with van der Waals surface area (Å²) in [5.41, 5.74) is 2.40. The highest BCUT2D eigenvalue weighted by Crippen LogP contribution is 2.21. The normalized spacial score (nSPS) is 13.1. The molecule has 1 aromatic heterocycles. The van der Waals surface area contributed by atoms with Crippen molar-refractivity contribution in [2.24, 2.45) is 5.84 Å². The molecule has 108 valence electrons. The molecular weight excluding hydrogens is 262 g/mol. The standard InChI is InChI=1S/C12H23N5OS/c1-12(2,3)11-15-9(8-10(16-11)17-13)14-6-5-7-19(4)18/h8H,5-7,13H2,1-4H3,(H2,14,15,16,17). The zero-order valence-electron chi connectivity index (χ0n) is 12.0. The van der Waals surface area contributed by atoms with E-state index < -0.39 is 10.8 Å². The summed E-state index contributed by atoms with van der Waals surface area (Å²) in [6, 6.07) is 1.76. The first-order valence-electron chi connectivity index (χ1n) is 6.23. The van der Waals surface area contributed by atoms with Gasteiger partial charge in [0.1, 0.15) is 17.5 Å². The second-order valence-electron chi connectivity index (χ2n) is 5.41. The molecule has 0 aliphatic heterocycles. The van der Waals surface area contributed by atoms with E-state index in [4.69, 9.17) is 5.84 Å². The number of nitrogens with zero attached hydrogens (tertiary/aromatic N) is 2. The number of hydrazine groups is 1. The predicted molar refractivity (Wildman–Crippen MR) is 80.6 cm³/mol. The second-order valence-corrected chi connectivity index (χ2v) is 6.97. The zero-order chi connectivity index (χ0) is 14.5. The number of rotatable bonds is 6. The van der Waals surface area contributed by atoms with Crippen LogP contribution in [0.5, 0.6) is 0 Å². The SMILES string of the molecule is CS(=O)CCCNc1cc(NN)nc(C(C)(C)C)n1. The zero-order valence-corrected chi connectivity index (χ0v) is 12.8. The minimum atomic E-state index is -0.753. The van der Waals surface area contributed by atoms with Gasteiger partial charge in [-0.2, -0.15) is 0 Å². The lowest BCUT2D eigenvalue weighted by Gasteiger charge is -2.18. The van der Waals surface area contributed by atoms with Crippen LogP contribution in [0.25, 0.3) is 0 Å². The van der Waals surface area contributed by atoms with E-state index in [1.807, 2.05) is 20.8 Å². The van der Waals surface area contributed by atoms with Crippen LogP contribution in [0.2, 0.25) is 0 Å². The number of hydrogen-bond acceptors (Lipinski definition) is 6. The summed E-state index contributed by atoms with van der Waals surface area (Å²) in [5, 5.41) is 3.21. The van der Waals surface area contributed by atoms with E-state index >= 15 is 0 Å². The van der Waals surface area contributed by atoms with Crippen LogP contribution in [-0.2, 0) is 16.2 Å². The van der Waals surface area contributed by atoms with Crippen LogP contribution in [0, 0.1) is 0 Å². The minimum absolute atomic E-state index is 0.145. The largest absolute Gasteiger partial charge is 0.370 e. The van der Waals surface area contributed by atoms with Crippen molar-refractivity contribution in [2.45, 2.75) is 32.6 Å². The summed E-state index contributed by atoms with van der Waals surface area (Å²) in [6.07, 6.45) is 2.54. The van der Waals surface area contributed by atoms with Crippen molar-refractivity contribution >= 4 is 22.4 Å². The topological polar surface area (TPSA) is 92.9 Å². The van der Waals surface area contributed by atoms with Crippen LogP contribution < -0.4 is 16.6 Å². The highest BCUT2D eigenvalue weighted by atomic mass is 32.2. The average Bonchev–Trinajstić information content (AvgIpc) is 2.33. The Labute approximate surface area is 117 Å². The van der Waals surface area contributed by atoms with Crippen LogP contribution in [0.3, 0.4) is 0 Å². The van der Waals surface area contributed by atoms with E-state index in [1.54, 1.807) is 12.3 Å². The molecule has 0 saturated heterocycles. The van der Waals surface area contributed by atoms with Gasteiger partial charge in [-0.05, 0) is 6.42 Å². The lowest BCUT2D eigenvalue weighted by atomic mass is 9.96. The third-order valence-corrected chi connectivity index (χ3v) is 3.32. The van der Waals surface area contributed by atoms with E-state index in [0.29, 0.717) is 11.6 Å². The molecule has 0 saturated carbocycles. The predicted octanol–water partition coefficient (Wildman–Crippen LogP) is 1.24. The van der Waals surface area contributed by atoms with Crippen LogP contribution in [-0.4, -0.2) is 32.7 Å². The highest BCUT2D eigenvalue weighted by molar-refractivity contribution is 7.84. The maximum Gasteiger partial charge on any atom is 0.145 e.